The Morgan fingerprint density at radius 2 is 1.82 bits per heavy atom. The van der Waals surface area contributed by atoms with Crippen LogP contribution >= 0.6 is 0 Å². The van der Waals surface area contributed by atoms with Gasteiger partial charge in [0.1, 0.15) is 17.3 Å². The van der Waals surface area contributed by atoms with Gasteiger partial charge in [0, 0.05) is 18.3 Å². The number of nitriles is 1. The Morgan fingerprint density at radius 1 is 1.07 bits per heavy atom. The number of nitrogens with one attached hydrogen (secondary N) is 2. The number of hydrogen-bond donors (Lipinski definition) is 2. The summed E-state index contributed by atoms with van der Waals surface area (Å²) in [7, 11) is 0. The number of carbonyl (C=O) groups excluding carboxylic acids is 1. The zero-order chi connectivity index (χ0) is 19.8. The third-order valence-corrected chi connectivity index (χ3v) is 4.13. The molecule has 1 heterocycles. The van der Waals surface area contributed by atoms with E-state index in [0.29, 0.717) is 28.6 Å². The number of aromatic nitrogens is 2. The summed E-state index contributed by atoms with van der Waals surface area (Å²) < 4.78 is 0. The zero-order valence-electron chi connectivity index (χ0n) is 15.6. The molecule has 0 atom stereocenters. The Hall–Kier alpha value is -3.72. The van der Waals surface area contributed by atoms with E-state index < -0.39 is 0 Å². The maximum atomic E-state index is 12.5. The Bertz CT molecular complexity index is 978. The van der Waals surface area contributed by atoms with E-state index in [1.54, 1.807) is 37.3 Å². The quantitative estimate of drug-likeness (QED) is 0.614. The van der Waals surface area contributed by atoms with E-state index in [9.17, 15) is 4.79 Å². The monoisotopic (exact) mass is 371 g/mol. The van der Waals surface area contributed by atoms with Crippen LogP contribution in [-0.2, 0) is 6.42 Å². The van der Waals surface area contributed by atoms with Crippen LogP contribution in [0, 0.1) is 18.3 Å². The topological polar surface area (TPSA) is 90.7 Å². The molecule has 3 rings (SSSR count). The highest BCUT2D eigenvalue weighted by Crippen LogP contribution is 2.13. The molecule has 2 aromatic carbocycles. The van der Waals surface area contributed by atoms with Gasteiger partial charge in [-0.25, -0.2) is 9.97 Å². The predicted molar refractivity (Wildman–Crippen MR) is 109 cm³/mol. The molecule has 0 saturated heterocycles. The molecule has 0 aliphatic heterocycles. The molecule has 1 aromatic heterocycles. The molecule has 6 nitrogen and oxygen atoms in total. The second kappa shape index (κ2) is 9.28. The summed E-state index contributed by atoms with van der Waals surface area (Å²) in [5, 5.41) is 14.9. The van der Waals surface area contributed by atoms with Gasteiger partial charge in [0.05, 0.1) is 11.6 Å². The summed E-state index contributed by atoms with van der Waals surface area (Å²) in [5.41, 5.74) is 2.74. The number of aryl methyl sites for hydroxylation is 2. The van der Waals surface area contributed by atoms with E-state index >= 15 is 0 Å². The molecule has 0 aliphatic carbocycles. The smallest absolute Gasteiger partial charge is 0.274 e. The van der Waals surface area contributed by atoms with E-state index in [0.717, 1.165) is 19.4 Å². The van der Waals surface area contributed by atoms with E-state index in [-0.39, 0.29) is 5.91 Å². The number of benzene rings is 2. The van der Waals surface area contributed by atoms with Crippen molar-refractivity contribution in [1.29, 1.82) is 5.26 Å². The first-order valence-electron chi connectivity index (χ1n) is 9.09. The molecule has 28 heavy (non-hydrogen) atoms. The van der Waals surface area contributed by atoms with Crippen molar-refractivity contribution < 1.29 is 4.79 Å². The Balaban J connectivity index is 1.58. The van der Waals surface area contributed by atoms with Gasteiger partial charge in [-0.15, -0.1) is 0 Å². The molecule has 1 amide bonds. The van der Waals surface area contributed by atoms with Crippen LogP contribution in [0.2, 0.25) is 0 Å². The minimum atomic E-state index is -0.317. The van der Waals surface area contributed by atoms with Crippen LogP contribution in [-0.4, -0.2) is 22.4 Å². The van der Waals surface area contributed by atoms with Crippen molar-refractivity contribution in [3.05, 3.63) is 83.3 Å². The molecule has 0 radical (unpaired) electrons. The molecule has 0 fully saturated rings. The third kappa shape index (κ3) is 5.39. The standard InChI is InChI=1S/C22H21N5O/c1-16-25-20(22(28)27-19-11-9-18(15-23)10-12-19)14-21(26-16)24-13-5-8-17-6-3-2-4-7-17/h2-4,6-7,9-12,14H,5,8,13H2,1H3,(H,27,28)(H,24,25,26). The summed E-state index contributed by atoms with van der Waals surface area (Å²) in [6.45, 7) is 2.51. The lowest BCUT2D eigenvalue weighted by Gasteiger charge is -2.09. The highest BCUT2D eigenvalue weighted by atomic mass is 16.1. The van der Waals surface area contributed by atoms with Gasteiger partial charge in [0.15, 0.2) is 0 Å². The van der Waals surface area contributed by atoms with Gasteiger partial charge < -0.3 is 10.6 Å². The van der Waals surface area contributed by atoms with Crippen molar-refractivity contribution in [3.63, 3.8) is 0 Å². The van der Waals surface area contributed by atoms with Gasteiger partial charge in [0.2, 0.25) is 0 Å². The molecular formula is C22H21N5O. The molecule has 2 N–H and O–H groups in total. The van der Waals surface area contributed by atoms with Gasteiger partial charge in [0.25, 0.3) is 5.91 Å². The SMILES string of the molecule is Cc1nc(NCCCc2ccccc2)cc(C(=O)Nc2ccc(C#N)cc2)n1. The first kappa shape index (κ1) is 19.1. The minimum absolute atomic E-state index is 0.294. The lowest BCUT2D eigenvalue weighted by Crippen LogP contribution is -2.16. The highest BCUT2D eigenvalue weighted by molar-refractivity contribution is 6.03. The minimum Gasteiger partial charge on any atom is -0.370 e. The first-order chi connectivity index (χ1) is 13.6. The van der Waals surface area contributed by atoms with Crippen LogP contribution in [0.4, 0.5) is 11.5 Å². The van der Waals surface area contributed by atoms with Crippen molar-refractivity contribution in [2.24, 2.45) is 0 Å². The lowest BCUT2D eigenvalue weighted by atomic mass is 10.1. The first-order valence-corrected chi connectivity index (χ1v) is 9.09. The number of nitrogens with zero attached hydrogens (tertiary/aromatic N) is 3. The van der Waals surface area contributed by atoms with Crippen molar-refractivity contribution in [2.75, 3.05) is 17.2 Å². The van der Waals surface area contributed by atoms with Crippen LogP contribution in [0.3, 0.4) is 0 Å². The number of hydrogen-bond acceptors (Lipinski definition) is 5. The second-order valence-electron chi connectivity index (χ2n) is 6.34. The van der Waals surface area contributed by atoms with Crippen LogP contribution < -0.4 is 10.6 Å². The van der Waals surface area contributed by atoms with E-state index in [2.05, 4.69) is 32.7 Å². The average Bonchev–Trinajstić information content (AvgIpc) is 2.72. The third-order valence-electron chi connectivity index (χ3n) is 4.13. The summed E-state index contributed by atoms with van der Waals surface area (Å²) in [6.07, 6.45) is 1.93. The number of anilines is 2. The fourth-order valence-corrected chi connectivity index (χ4v) is 2.75. The Labute approximate surface area is 164 Å². The van der Waals surface area contributed by atoms with Crippen LogP contribution in [0.15, 0.2) is 60.7 Å². The van der Waals surface area contributed by atoms with Gasteiger partial charge in [-0.3, -0.25) is 4.79 Å². The number of amides is 1. The van der Waals surface area contributed by atoms with Crippen molar-refractivity contribution in [3.8, 4) is 6.07 Å². The molecule has 0 saturated carbocycles. The van der Waals surface area contributed by atoms with E-state index in [1.807, 2.05) is 24.3 Å². The second-order valence-corrected chi connectivity index (χ2v) is 6.34. The normalized spacial score (nSPS) is 10.1. The van der Waals surface area contributed by atoms with Crippen molar-refractivity contribution in [1.82, 2.24) is 9.97 Å². The van der Waals surface area contributed by atoms with E-state index in [4.69, 9.17) is 5.26 Å². The van der Waals surface area contributed by atoms with Gasteiger partial charge in [-0.1, -0.05) is 30.3 Å². The zero-order valence-corrected chi connectivity index (χ0v) is 15.6. The van der Waals surface area contributed by atoms with Gasteiger partial charge in [-0.05, 0) is 49.6 Å². The maximum absolute atomic E-state index is 12.5. The average molecular weight is 371 g/mol. The Morgan fingerprint density at radius 3 is 2.54 bits per heavy atom. The van der Waals surface area contributed by atoms with Crippen LogP contribution in [0.1, 0.15) is 33.9 Å². The largest absolute Gasteiger partial charge is 0.370 e. The molecule has 0 unspecified atom stereocenters. The summed E-state index contributed by atoms with van der Waals surface area (Å²) in [5.74, 6) is 0.839. The number of rotatable bonds is 7. The summed E-state index contributed by atoms with van der Waals surface area (Å²) in [6, 6.07) is 20.7. The van der Waals surface area contributed by atoms with Gasteiger partial charge >= 0.3 is 0 Å². The van der Waals surface area contributed by atoms with Crippen molar-refractivity contribution >= 4 is 17.4 Å². The summed E-state index contributed by atoms with van der Waals surface area (Å²) in [4.78, 5) is 21.1. The molecular weight excluding hydrogens is 350 g/mol. The van der Waals surface area contributed by atoms with Crippen molar-refractivity contribution in [2.45, 2.75) is 19.8 Å². The fraction of sp³-hybridized carbons (Fsp3) is 0.182. The molecule has 3 aromatic rings. The lowest BCUT2D eigenvalue weighted by molar-refractivity contribution is 0.102. The van der Waals surface area contributed by atoms with Crippen LogP contribution in [0.5, 0.6) is 0 Å². The molecule has 0 aliphatic rings. The summed E-state index contributed by atoms with van der Waals surface area (Å²) >= 11 is 0. The number of carbonyl (C=O) groups is 1. The molecule has 140 valence electrons. The molecule has 6 heteroatoms. The highest BCUT2D eigenvalue weighted by Gasteiger charge is 2.11. The predicted octanol–water partition coefficient (Wildman–Crippen LogP) is 3.95. The van der Waals surface area contributed by atoms with E-state index in [1.165, 1.54) is 5.56 Å². The van der Waals surface area contributed by atoms with Gasteiger partial charge in [-0.2, -0.15) is 5.26 Å². The fourth-order valence-electron chi connectivity index (χ4n) is 2.75. The molecule has 0 bridgehead atoms. The Kier molecular flexibility index (Phi) is 6.32. The molecule has 0 spiro atoms. The van der Waals surface area contributed by atoms with Crippen LogP contribution in [0.25, 0.3) is 0 Å². The maximum Gasteiger partial charge on any atom is 0.274 e.